The second kappa shape index (κ2) is 6.58. The van der Waals surface area contributed by atoms with Crippen molar-refractivity contribution in [2.45, 2.75) is 37.5 Å². The van der Waals surface area contributed by atoms with Gasteiger partial charge in [-0.3, -0.25) is 9.48 Å². The molecule has 8 heteroatoms. The summed E-state index contributed by atoms with van der Waals surface area (Å²) in [7, 11) is 1.75. The Kier molecular flexibility index (Phi) is 4.36. The van der Waals surface area contributed by atoms with E-state index in [9.17, 15) is 18.0 Å². The van der Waals surface area contributed by atoms with Crippen molar-refractivity contribution in [3.63, 3.8) is 0 Å². The normalized spacial score (nSPS) is 24.4. The van der Waals surface area contributed by atoms with Crippen LogP contribution in [0.25, 0.3) is 0 Å². The first kappa shape index (κ1) is 17.9. The summed E-state index contributed by atoms with van der Waals surface area (Å²) in [4.78, 5) is 14.7. The molecule has 1 saturated heterocycles. The molecule has 0 radical (unpaired) electrons. The van der Waals surface area contributed by atoms with Crippen molar-refractivity contribution >= 4 is 5.91 Å². The molecular weight excluding hydrogens is 359 g/mol. The van der Waals surface area contributed by atoms with E-state index in [0.29, 0.717) is 11.6 Å². The Bertz CT molecular complexity index is 849. The lowest BCUT2D eigenvalue weighted by Gasteiger charge is -2.34. The number of rotatable bonds is 4. The SMILES string of the molecule is Cn1ccc(C(=O)N2[C@H]3CC[C@H](C3)[C@H]2COc2cccc(C(F)(F)F)c2)n1. The van der Waals surface area contributed by atoms with Gasteiger partial charge in [0.2, 0.25) is 0 Å². The summed E-state index contributed by atoms with van der Waals surface area (Å²) in [6, 6.07) is 6.54. The van der Waals surface area contributed by atoms with Gasteiger partial charge in [0, 0.05) is 19.3 Å². The summed E-state index contributed by atoms with van der Waals surface area (Å²) < 4.78 is 45.9. The van der Waals surface area contributed by atoms with Gasteiger partial charge in [0.25, 0.3) is 5.91 Å². The molecule has 0 spiro atoms. The van der Waals surface area contributed by atoms with E-state index in [2.05, 4.69) is 5.10 Å². The predicted octanol–water partition coefficient (Wildman–Crippen LogP) is 3.51. The highest BCUT2D eigenvalue weighted by atomic mass is 19.4. The standard InChI is InChI=1S/C19H20F3N3O2/c1-24-8-7-16(23-24)18(26)25-14-6-5-12(9-14)17(25)11-27-15-4-2-3-13(10-15)19(20,21)22/h2-4,7-8,10,12,14,17H,5-6,9,11H2,1H3/t12-,14+,17-/m1/s1. The van der Waals surface area contributed by atoms with Crippen LogP contribution in [0.2, 0.25) is 0 Å². The van der Waals surface area contributed by atoms with Crippen molar-refractivity contribution in [3.8, 4) is 5.75 Å². The number of aryl methyl sites for hydroxylation is 1. The fourth-order valence-corrected chi connectivity index (χ4v) is 4.23. The number of carbonyl (C=O) groups is 1. The minimum atomic E-state index is -4.41. The minimum absolute atomic E-state index is 0.138. The largest absolute Gasteiger partial charge is 0.491 e. The molecule has 2 bridgehead atoms. The Morgan fingerprint density at radius 2 is 2.11 bits per heavy atom. The zero-order valence-corrected chi connectivity index (χ0v) is 14.8. The fourth-order valence-electron chi connectivity index (χ4n) is 4.23. The summed E-state index contributed by atoms with van der Waals surface area (Å²) in [5.74, 6) is 0.340. The van der Waals surface area contributed by atoms with E-state index < -0.39 is 11.7 Å². The van der Waals surface area contributed by atoms with Crippen LogP contribution in [0, 0.1) is 5.92 Å². The van der Waals surface area contributed by atoms with Gasteiger partial charge in [-0.15, -0.1) is 0 Å². The second-order valence-corrected chi connectivity index (χ2v) is 7.22. The van der Waals surface area contributed by atoms with Crippen molar-refractivity contribution < 1.29 is 22.7 Å². The van der Waals surface area contributed by atoms with Crippen LogP contribution in [0.5, 0.6) is 5.75 Å². The number of amides is 1. The molecule has 3 atom stereocenters. The highest BCUT2D eigenvalue weighted by molar-refractivity contribution is 5.93. The van der Waals surface area contributed by atoms with E-state index in [-0.39, 0.29) is 30.3 Å². The number of piperidine rings is 1. The van der Waals surface area contributed by atoms with Gasteiger partial charge in [0.15, 0.2) is 0 Å². The summed E-state index contributed by atoms with van der Waals surface area (Å²) in [6.07, 6.45) is 0.175. The van der Waals surface area contributed by atoms with Crippen molar-refractivity contribution in [3.05, 3.63) is 47.8 Å². The van der Waals surface area contributed by atoms with Crippen molar-refractivity contribution in [2.75, 3.05) is 6.61 Å². The minimum Gasteiger partial charge on any atom is -0.491 e. The van der Waals surface area contributed by atoms with Gasteiger partial charge >= 0.3 is 6.18 Å². The maximum Gasteiger partial charge on any atom is 0.416 e. The molecule has 2 aromatic rings. The molecule has 1 amide bonds. The highest BCUT2D eigenvalue weighted by Crippen LogP contribution is 2.43. The van der Waals surface area contributed by atoms with Crippen LogP contribution in [0.4, 0.5) is 13.2 Å². The molecule has 1 aromatic carbocycles. The maximum absolute atomic E-state index is 12.9. The molecule has 1 aliphatic heterocycles. The molecular formula is C19H20F3N3O2. The molecule has 1 aromatic heterocycles. The van der Waals surface area contributed by atoms with E-state index in [0.717, 1.165) is 31.4 Å². The van der Waals surface area contributed by atoms with Gasteiger partial charge in [-0.25, -0.2) is 0 Å². The Labute approximate surface area is 154 Å². The topological polar surface area (TPSA) is 47.4 Å². The Balaban J connectivity index is 1.50. The molecule has 0 unspecified atom stereocenters. The third-order valence-corrected chi connectivity index (χ3v) is 5.49. The molecule has 5 nitrogen and oxygen atoms in total. The number of aromatic nitrogens is 2. The average molecular weight is 379 g/mol. The van der Waals surface area contributed by atoms with Gasteiger partial charge in [0.1, 0.15) is 18.1 Å². The van der Waals surface area contributed by atoms with E-state index in [1.165, 1.54) is 12.1 Å². The van der Waals surface area contributed by atoms with Crippen LogP contribution in [-0.2, 0) is 13.2 Å². The molecule has 4 rings (SSSR count). The van der Waals surface area contributed by atoms with Crippen LogP contribution in [0.3, 0.4) is 0 Å². The molecule has 0 N–H and O–H groups in total. The van der Waals surface area contributed by atoms with E-state index >= 15 is 0 Å². The summed E-state index contributed by atoms with van der Waals surface area (Å²) >= 11 is 0. The van der Waals surface area contributed by atoms with Gasteiger partial charge in [-0.1, -0.05) is 6.07 Å². The molecule has 1 saturated carbocycles. The average Bonchev–Trinajstić information content (AvgIpc) is 3.34. The Morgan fingerprint density at radius 1 is 1.30 bits per heavy atom. The van der Waals surface area contributed by atoms with Crippen molar-refractivity contribution in [1.82, 2.24) is 14.7 Å². The summed E-state index contributed by atoms with van der Waals surface area (Å²) in [5, 5.41) is 4.19. The number of hydrogen-bond acceptors (Lipinski definition) is 3. The second-order valence-electron chi connectivity index (χ2n) is 7.22. The predicted molar refractivity (Wildman–Crippen MR) is 91.2 cm³/mol. The van der Waals surface area contributed by atoms with Crippen LogP contribution < -0.4 is 4.74 Å². The van der Waals surface area contributed by atoms with E-state index in [1.807, 2.05) is 4.90 Å². The van der Waals surface area contributed by atoms with Gasteiger partial charge in [-0.2, -0.15) is 18.3 Å². The number of hydrogen-bond donors (Lipinski definition) is 0. The van der Waals surface area contributed by atoms with Crippen molar-refractivity contribution in [2.24, 2.45) is 13.0 Å². The third-order valence-electron chi connectivity index (χ3n) is 5.49. The molecule has 2 aliphatic rings. The number of ether oxygens (including phenoxy) is 1. The first-order chi connectivity index (χ1) is 12.8. The molecule has 27 heavy (non-hydrogen) atoms. The first-order valence-electron chi connectivity index (χ1n) is 8.95. The smallest absolute Gasteiger partial charge is 0.416 e. The number of nitrogens with zero attached hydrogens (tertiary/aromatic N) is 3. The van der Waals surface area contributed by atoms with Gasteiger partial charge < -0.3 is 9.64 Å². The fraction of sp³-hybridized carbons (Fsp3) is 0.474. The first-order valence-corrected chi connectivity index (χ1v) is 8.95. The summed E-state index contributed by atoms with van der Waals surface area (Å²) in [6.45, 7) is 0.182. The van der Waals surface area contributed by atoms with Gasteiger partial charge in [-0.05, 0) is 49.4 Å². The number of carbonyl (C=O) groups excluding carboxylic acids is 1. The third kappa shape index (κ3) is 3.40. The Hall–Kier alpha value is -2.51. The zero-order valence-electron chi connectivity index (χ0n) is 14.8. The van der Waals surface area contributed by atoms with Crippen LogP contribution >= 0.6 is 0 Å². The number of halogens is 3. The molecule has 1 aliphatic carbocycles. The van der Waals surface area contributed by atoms with Crippen LogP contribution in [-0.4, -0.2) is 39.3 Å². The van der Waals surface area contributed by atoms with Crippen LogP contribution in [0.15, 0.2) is 36.5 Å². The maximum atomic E-state index is 12.9. The molecule has 2 heterocycles. The number of alkyl halides is 3. The molecule has 2 fully saturated rings. The monoisotopic (exact) mass is 379 g/mol. The lowest BCUT2D eigenvalue weighted by molar-refractivity contribution is -0.137. The van der Waals surface area contributed by atoms with Crippen molar-refractivity contribution in [1.29, 1.82) is 0 Å². The zero-order chi connectivity index (χ0) is 19.2. The van der Waals surface area contributed by atoms with E-state index in [4.69, 9.17) is 4.74 Å². The lowest BCUT2D eigenvalue weighted by atomic mass is 9.99. The Morgan fingerprint density at radius 3 is 2.81 bits per heavy atom. The highest BCUT2D eigenvalue weighted by Gasteiger charge is 2.48. The quantitative estimate of drug-likeness (QED) is 0.817. The number of fused-ring (bicyclic) bond motifs is 2. The lowest BCUT2D eigenvalue weighted by Crippen LogP contribution is -2.48. The van der Waals surface area contributed by atoms with Gasteiger partial charge in [0.05, 0.1) is 11.6 Å². The number of benzene rings is 1. The summed E-state index contributed by atoms with van der Waals surface area (Å²) in [5.41, 5.74) is -0.358. The van der Waals surface area contributed by atoms with E-state index in [1.54, 1.807) is 24.0 Å². The number of likely N-dealkylation sites (tertiary alicyclic amines) is 1. The van der Waals surface area contributed by atoms with Crippen LogP contribution in [0.1, 0.15) is 35.3 Å². The molecule has 144 valence electrons.